The number of carbonyl (C=O) groups excluding carboxylic acids is 1. The number of carbonyl (C=O) groups is 1. The molecule has 2 aromatic rings. The van der Waals surface area contributed by atoms with Crippen LogP contribution in [0.4, 0.5) is 0 Å². The van der Waals surface area contributed by atoms with Crippen LogP contribution in [-0.2, 0) is 11.3 Å². The standard InChI is InChI=1S/C19H17NO3S2/c1-2-23-15-10-6-9-14(17(15)21)11-16-18(22)20(19(24)25-16)12-13-7-4-3-5-8-13/h3-11,21H,2,12H2,1H3/b16-11-. The van der Waals surface area contributed by atoms with Gasteiger partial charge in [-0.3, -0.25) is 9.69 Å². The Balaban J connectivity index is 1.84. The van der Waals surface area contributed by atoms with Gasteiger partial charge in [-0.15, -0.1) is 0 Å². The zero-order valence-electron chi connectivity index (χ0n) is 13.6. The Bertz CT molecular complexity index is 834. The molecule has 1 amide bonds. The summed E-state index contributed by atoms with van der Waals surface area (Å²) in [7, 11) is 0. The fraction of sp³-hybridized carbons (Fsp3) is 0.158. The number of hydrogen-bond donors (Lipinski definition) is 1. The van der Waals surface area contributed by atoms with E-state index in [0.29, 0.717) is 33.7 Å². The predicted octanol–water partition coefficient (Wildman–Crippen LogP) is 4.19. The first-order valence-electron chi connectivity index (χ1n) is 7.84. The van der Waals surface area contributed by atoms with Gasteiger partial charge in [0.05, 0.1) is 18.1 Å². The molecule has 0 aliphatic carbocycles. The van der Waals surface area contributed by atoms with E-state index in [-0.39, 0.29) is 11.7 Å². The van der Waals surface area contributed by atoms with Crippen LogP contribution >= 0.6 is 24.0 Å². The number of ether oxygens (including phenoxy) is 1. The van der Waals surface area contributed by atoms with E-state index in [1.807, 2.05) is 37.3 Å². The average Bonchev–Trinajstić information content (AvgIpc) is 2.87. The number of amides is 1. The number of thioether (sulfide) groups is 1. The summed E-state index contributed by atoms with van der Waals surface area (Å²) in [6.45, 7) is 2.74. The maximum atomic E-state index is 12.7. The van der Waals surface area contributed by atoms with Gasteiger partial charge in [0.1, 0.15) is 4.32 Å². The van der Waals surface area contributed by atoms with Gasteiger partial charge in [-0.1, -0.05) is 66.4 Å². The molecule has 6 heteroatoms. The lowest BCUT2D eigenvalue weighted by Gasteiger charge is -2.14. The Morgan fingerprint density at radius 2 is 1.96 bits per heavy atom. The SMILES string of the molecule is CCOc1cccc(/C=C2\SC(=S)N(Cc3ccccc3)C2=O)c1O. The van der Waals surface area contributed by atoms with Crippen molar-refractivity contribution in [3.8, 4) is 11.5 Å². The summed E-state index contributed by atoms with van der Waals surface area (Å²) in [5.41, 5.74) is 1.55. The summed E-state index contributed by atoms with van der Waals surface area (Å²) in [6, 6.07) is 14.9. The minimum Gasteiger partial charge on any atom is -0.504 e. The van der Waals surface area contributed by atoms with Crippen molar-refractivity contribution in [3.63, 3.8) is 0 Å². The first-order chi connectivity index (χ1) is 12.1. The lowest BCUT2D eigenvalue weighted by Crippen LogP contribution is -2.27. The Labute approximate surface area is 156 Å². The third-order valence-corrected chi connectivity index (χ3v) is 5.05. The number of nitrogens with zero attached hydrogens (tertiary/aromatic N) is 1. The summed E-state index contributed by atoms with van der Waals surface area (Å²) >= 11 is 6.59. The molecule has 1 aliphatic heterocycles. The highest BCUT2D eigenvalue weighted by atomic mass is 32.2. The van der Waals surface area contributed by atoms with Gasteiger partial charge < -0.3 is 9.84 Å². The van der Waals surface area contributed by atoms with E-state index in [2.05, 4.69) is 0 Å². The quantitative estimate of drug-likeness (QED) is 0.631. The molecule has 0 unspecified atom stereocenters. The molecular weight excluding hydrogens is 354 g/mol. The molecule has 1 heterocycles. The smallest absolute Gasteiger partial charge is 0.266 e. The topological polar surface area (TPSA) is 49.8 Å². The third kappa shape index (κ3) is 3.86. The second kappa shape index (κ2) is 7.72. The van der Waals surface area contributed by atoms with Gasteiger partial charge in [0.15, 0.2) is 11.5 Å². The van der Waals surface area contributed by atoms with Gasteiger partial charge >= 0.3 is 0 Å². The maximum absolute atomic E-state index is 12.7. The number of rotatable bonds is 5. The molecule has 3 rings (SSSR count). The summed E-state index contributed by atoms with van der Waals surface area (Å²) in [4.78, 5) is 14.7. The largest absolute Gasteiger partial charge is 0.504 e. The van der Waals surface area contributed by atoms with Crippen LogP contribution in [0.3, 0.4) is 0 Å². The van der Waals surface area contributed by atoms with Gasteiger partial charge in [-0.25, -0.2) is 0 Å². The highest BCUT2D eigenvalue weighted by Gasteiger charge is 2.32. The van der Waals surface area contributed by atoms with Gasteiger partial charge in [0, 0.05) is 5.56 Å². The summed E-state index contributed by atoms with van der Waals surface area (Å²) in [5, 5.41) is 10.3. The second-order valence-electron chi connectivity index (χ2n) is 5.38. The van der Waals surface area contributed by atoms with Gasteiger partial charge in [-0.05, 0) is 24.6 Å². The number of aromatic hydroxyl groups is 1. The molecule has 0 bridgehead atoms. The fourth-order valence-electron chi connectivity index (χ4n) is 2.47. The third-order valence-electron chi connectivity index (χ3n) is 3.67. The van der Waals surface area contributed by atoms with Crippen molar-refractivity contribution in [2.24, 2.45) is 0 Å². The van der Waals surface area contributed by atoms with E-state index in [0.717, 1.165) is 5.56 Å². The molecule has 0 radical (unpaired) electrons. The van der Waals surface area contributed by atoms with Crippen LogP contribution in [0, 0.1) is 0 Å². The molecule has 128 valence electrons. The summed E-state index contributed by atoms with van der Waals surface area (Å²) < 4.78 is 5.90. The van der Waals surface area contributed by atoms with E-state index >= 15 is 0 Å². The highest BCUT2D eigenvalue weighted by Crippen LogP contribution is 2.37. The van der Waals surface area contributed by atoms with Crippen LogP contribution in [0.2, 0.25) is 0 Å². The number of benzene rings is 2. The normalized spacial score (nSPS) is 15.9. The Morgan fingerprint density at radius 1 is 1.20 bits per heavy atom. The molecule has 1 saturated heterocycles. The van der Waals surface area contributed by atoms with Crippen molar-refractivity contribution >= 4 is 40.3 Å². The van der Waals surface area contributed by atoms with Crippen molar-refractivity contribution in [2.75, 3.05) is 6.61 Å². The minimum absolute atomic E-state index is 0.0256. The number of thiocarbonyl (C=S) groups is 1. The molecule has 4 nitrogen and oxygen atoms in total. The number of phenols is 1. The van der Waals surface area contributed by atoms with Crippen LogP contribution < -0.4 is 4.74 Å². The summed E-state index contributed by atoms with van der Waals surface area (Å²) in [6.07, 6.45) is 1.65. The molecule has 1 aliphatic rings. The number of phenolic OH excluding ortho intramolecular Hbond substituents is 1. The van der Waals surface area contributed by atoms with Gasteiger partial charge in [0.2, 0.25) is 0 Å². The van der Waals surface area contributed by atoms with Crippen molar-refractivity contribution < 1.29 is 14.6 Å². The zero-order chi connectivity index (χ0) is 17.8. The molecule has 1 N–H and O–H groups in total. The van der Waals surface area contributed by atoms with E-state index in [4.69, 9.17) is 17.0 Å². The first kappa shape index (κ1) is 17.5. The highest BCUT2D eigenvalue weighted by molar-refractivity contribution is 8.26. The van der Waals surface area contributed by atoms with Crippen LogP contribution in [-0.4, -0.2) is 26.8 Å². The van der Waals surface area contributed by atoms with E-state index in [9.17, 15) is 9.90 Å². The van der Waals surface area contributed by atoms with Crippen molar-refractivity contribution in [2.45, 2.75) is 13.5 Å². The van der Waals surface area contributed by atoms with Gasteiger partial charge in [-0.2, -0.15) is 0 Å². The number of hydrogen-bond acceptors (Lipinski definition) is 5. The minimum atomic E-state index is -0.153. The van der Waals surface area contributed by atoms with Crippen LogP contribution in [0.5, 0.6) is 11.5 Å². The van der Waals surface area contributed by atoms with Crippen molar-refractivity contribution in [3.05, 3.63) is 64.6 Å². The molecule has 25 heavy (non-hydrogen) atoms. The zero-order valence-corrected chi connectivity index (χ0v) is 15.3. The van der Waals surface area contributed by atoms with E-state index in [1.54, 1.807) is 29.2 Å². The van der Waals surface area contributed by atoms with Crippen LogP contribution in [0.15, 0.2) is 53.4 Å². The van der Waals surface area contributed by atoms with E-state index < -0.39 is 0 Å². The Kier molecular flexibility index (Phi) is 5.40. The number of para-hydroxylation sites is 1. The molecule has 0 spiro atoms. The van der Waals surface area contributed by atoms with E-state index in [1.165, 1.54) is 11.8 Å². The van der Waals surface area contributed by atoms with Gasteiger partial charge in [0.25, 0.3) is 5.91 Å². The first-order valence-corrected chi connectivity index (χ1v) is 9.06. The predicted molar refractivity (Wildman–Crippen MR) is 104 cm³/mol. The molecule has 0 atom stereocenters. The molecule has 0 saturated carbocycles. The Morgan fingerprint density at radius 3 is 2.68 bits per heavy atom. The maximum Gasteiger partial charge on any atom is 0.266 e. The average molecular weight is 371 g/mol. The van der Waals surface area contributed by atoms with Crippen LogP contribution in [0.25, 0.3) is 6.08 Å². The fourth-order valence-corrected chi connectivity index (χ4v) is 3.72. The summed E-state index contributed by atoms with van der Waals surface area (Å²) in [5.74, 6) is 0.272. The molecule has 1 fully saturated rings. The molecule has 2 aromatic carbocycles. The second-order valence-corrected chi connectivity index (χ2v) is 7.06. The van der Waals surface area contributed by atoms with Crippen molar-refractivity contribution in [1.29, 1.82) is 0 Å². The Hall–Kier alpha value is -2.31. The lowest BCUT2D eigenvalue weighted by atomic mass is 10.1. The molecular formula is C19H17NO3S2. The molecule has 0 aromatic heterocycles. The lowest BCUT2D eigenvalue weighted by molar-refractivity contribution is -0.122. The monoisotopic (exact) mass is 371 g/mol. The van der Waals surface area contributed by atoms with Crippen molar-refractivity contribution in [1.82, 2.24) is 4.90 Å². The van der Waals surface area contributed by atoms with Crippen LogP contribution in [0.1, 0.15) is 18.1 Å².